The zero-order chi connectivity index (χ0) is 13.4. The first-order valence-corrected chi connectivity index (χ1v) is 5.94. The minimum Gasteiger partial charge on any atom is -0.459 e. The number of aryl methyl sites for hydroxylation is 1. The number of anilines is 1. The number of para-hydroxylation sites is 1. The highest BCUT2D eigenvalue weighted by Crippen LogP contribution is 2.30. The van der Waals surface area contributed by atoms with E-state index < -0.39 is 0 Å². The lowest BCUT2D eigenvalue weighted by Crippen LogP contribution is -2.28. The van der Waals surface area contributed by atoms with Gasteiger partial charge in [-0.15, -0.1) is 0 Å². The van der Waals surface area contributed by atoms with Gasteiger partial charge in [-0.25, -0.2) is 5.43 Å². The highest BCUT2D eigenvalue weighted by Gasteiger charge is 2.21. The zero-order valence-corrected chi connectivity index (χ0v) is 10.5. The quantitative estimate of drug-likeness (QED) is 0.421. The first-order chi connectivity index (χ1) is 9.20. The van der Waals surface area contributed by atoms with E-state index in [0.29, 0.717) is 11.6 Å². The number of benzene rings is 1. The molecule has 1 unspecified atom stereocenters. The SMILES string of the molecule is Cc1cccc2cc(C(NN)c3cn[nH]c3N)oc12. The molecule has 0 fully saturated rings. The maximum atomic E-state index is 5.89. The van der Waals surface area contributed by atoms with Crippen LogP contribution in [0.15, 0.2) is 34.9 Å². The Balaban J connectivity index is 2.12. The van der Waals surface area contributed by atoms with E-state index in [0.717, 1.165) is 22.1 Å². The van der Waals surface area contributed by atoms with E-state index in [4.69, 9.17) is 16.0 Å². The number of nitrogens with zero attached hydrogens (tertiary/aromatic N) is 1. The van der Waals surface area contributed by atoms with Gasteiger partial charge in [-0.1, -0.05) is 18.2 Å². The molecule has 0 saturated carbocycles. The van der Waals surface area contributed by atoms with Gasteiger partial charge in [0.15, 0.2) is 0 Å². The van der Waals surface area contributed by atoms with Gasteiger partial charge in [0, 0.05) is 10.9 Å². The molecule has 6 nitrogen and oxygen atoms in total. The van der Waals surface area contributed by atoms with Gasteiger partial charge in [-0.05, 0) is 18.6 Å². The van der Waals surface area contributed by atoms with E-state index in [1.54, 1.807) is 6.20 Å². The molecule has 6 heteroatoms. The van der Waals surface area contributed by atoms with Crippen LogP contribution in [-0.4, -0.2) is 10.2 Å². The predicted octanol–water partition coefficient (Wildman–Crippen LogP) is 1.60. The lowest BCUT2D eigenvalue weighted by molar-refractivity contribution is 0.477. The van der Waals surface area contributed by atoms with E-state index in [1.165, 1.54) is 0 Å². The smallest absolute Gasteiger partial charge is 0.137 e. The summed E-state index contributed by atoms with van der Waals surface area (Å²) >= 11 is 0. The molecule has 2 aromatic heterocycles. The van der Waals surface area contributed by atoms with E-state index in [9.17, 15) is 0 Å². The molecule has 0 bridgehead atoms. The fraction of sp³-hybridized carbons (Fsp3) is 0.154. The van der Waals surface area contributed by atoms with Crippen molar-refractivity contribution in [2.75, 3.05) is 5.73 Å². The summed E-state index contributed by atoms with van der Waals surface area (Å²) in [6, 6.07) is 7.63. The topological polar surface area (TPSA) is 106 Å². The molecule has 19 heavy (non-hydrogen) atoms. The maximum absolute atomic E-state index is 5.89. The third-order valence-electron chi connectivity index (χ3n) is 3.22. The number of rotatable bonds is 3. The summed E-state index contributed by atoms with van der Waals surface area (Å²) < 4.78 is 5.89. The Morgan fingerprint density at radius 3 is 2.89 bits per heavy atom. The van der Waals surface area contributed by atoms with Crippen molar-refractivity contribution >= 4 is 16.8 Å². The van der Waals surface area contributed by atoms with Crippen molar-refractivity contribution in [1.82, 2.24) is 15.6 Å². The molecule has 3 rings (SSSR count). The molecule has 0 spiro atoms. The van der Waals surface area contributed by atoms with Crippen molar-refractivity contribution in [3.63, 3.8) is 0 Å². The lowest BCUT2D eigenvalue weighted by Gasteiger charge is -2.11. The van der Waals surface area contributed by atoms with Crippen LogP contribution in [0.25, 0.3) is 11.0 Å². The van der Waals surface area contributed by atoms with Crippen LogP contribution < -0.4 is 17.0 Å². The Morgan fingerprint density at radius 1 is 1.42 bits per heavy atom. The van der Waals surface area contributed by atoms with Crippen LogP contribution in [0.4, 0.5) is 5.82 Å². The van der Waals surface area contributed by atoms with Gasteiger partial charge in [0.1, 0.15) is 23.2 Å². The summed E-state index contributed by atoms with van der Waals surface area (Å²) in [7, 11) is 0. The molecule has 3 aromatic rings. The minimum absolute atomic E-state index is 0.328. The molecule has 0 aliphatic rings. The van der Waals surface area contributed by atoms with Gasteiger partial charge in [0.05, 0.1) is 6.20 Å². The normalized spacial score (nSPS) is 12.9. The van der Waals surface area contributed by atoms with Crippen molar-refractivity contribution in [2.24, 2.45) is 5.84 Å². The second-order valence-corrected chi connectivity index (χ2v) is 4.48. The Bertz CT molecular complexity index is 715. The van der Waals surface area contributed by atoms with E-state index in [2.05, 4.69) is 15.6 Å². The van der Waals surface area contributed by atoms with Crippen molar-refractivity contribution in [3.8, 4) is 0 Å². The van der Waals surface area contributed by atoms with E-state index in [1.807, 2.05) is 31.2 Å². The third-order valence-corrected chi connectivity index (χ3v) is 3.22. The molecule has 1 atom stereocenters. The second kappa shape index (κ2) is 4.42. The van der Waals surface area contributed by atoms with E-state index in [-0.39, 0.29) is 6.04 Å². The maximum Gasteiger partial charge on any atom is 0.137 e. The number of nitrogens with two attached hydrogens (primary N) is 2. The molecular formula is C13H15N5O. The van der Waals surface area contributed by atoms with Gasteiger partial charge in [-0.3, -0.25) is 10.9 Å². The molecule has 2 heterocycles. The number of furan rings is 1. The number of hydrazine groups is 1. The van der Waals surface area contributed by atoms with Crippen LogP contribution in [0, 0.1) is 6.92 Å². The van der Waals surface area contributed by atoms with Crippen LogP contribution in [0.5, 0.6) is 0 Å². The molecule has 98 valence electrons. The Kier molecular flexibility index (Phi) is 2.73. The molecule has 0 amide bonds. The van der Waals surface area contributed by atoms with Gasteiger partial charge in [0.25, 0.3) is 0 Å². The second-order valence-electron chi connectivity index (χ2n) is 4.48. The molecular weight excluding hydrogens is 242 g/mol. The van der Waals surface area contributed by atoms with Crippen molar-refractivity contribution in [3.05, 3.63) is 47.3 Å². The zero-order valence-electron chi connectivity index (χ0n) is 10.5. The summed E-state index contributed by atoms with van der Waals surface area (Å²) in [5.74, 6) is 6.80. The monoisotopic (exact) mass is 257 g/mol. The van der Waals surface area contributed by atoms with Crippen LogP contribution in [0.2, 0.25) is 0 Å². The average molecular weight is 257 g/mol. The van der Waals surface area contributed by atoms with Gasteiger partial charge >= 0.3 is 0 Å². The first-order valence-electron chi connectivity index (χ1n) is 5.94. The minimum atomic E-state index is -0.328. The number of fused-ring (bicyclic) bond motifs is 1. The van der Waals surface area contributed by atoms with Gasteiger partial charge < -0.3 is 10.2 Å². The summed E-state index contributed by atoms with van der Waals surface area (Å²) in [5.41, 5.74) is 11.2. The lowest BCUT2D eigenvalue weighted by atomic mass is 10.1. The van der Waals surface area contributed by atoms with Crippen LogP contribution in [0.1, 0.15) is 22.9 Å². The Morgan fingerprint density at radius 2 is 2.26 bits per heavy atom. The predicted molar refractivity (Wildman–Crippen MR) is 73.1 cm³/mol. The van der Waals surface area contributed by atoms with Crippen LogP contribution in [0.3, 0.4) is 0 Å². The molecule has 0 radical (unpaired) electrons. The summed E-state index contributed by atoms with van der Waals surface area (Å²) in [6.07, 6.45) is 1.64. The highest BCUT2D eigenvalue weighted by atomic mass is 16.3. The number of aromatic amines is 1. The summed E-state index contributed by atoms with van der Waals surface area (Å²) in [4.78, 5) is 0. The Hall–Kier alpha value is -2.31. The van der Waals surface area contributed by atoms with Crippen LogP contribution >= 0.6 is 0 Å². The number of hydrogen-bond donors (Lipinski definition) is 4. The highest BCUT2D eigenvalue weighted by molar-refractivity contribution is 5.81. The Labute approximate surface area is 109 Å². The summed E-state index contributed by atoms with van der Waals surface area (Å²) in [6.45, 7) is 2.01. The van der Waals surface area contributed by atoms with Crippen LogP contribution in [-0.2, 0) is 0 Å². The third kappa shape index (κ3) is 1.87. The standard InChI is InChI=1S/C13H15N5O/c1-7-3-2-4-8-5-10(19-12(7)8)11(17-15)9-6-16-18-13(9)14/h2-6,11,17H,15H2,1H3,(H3,14,16,18). The molecule has 0 aliphatic carbocycles. The van der Waals surface area contributed by atoms with Gasteiger partial charge in [-0.2, -0.15) is 5.10 Å². The number of nitrogens with one attached hydrogen (secondary N) is 2. The van der Waals surface area contributed by atoms with Crippen molar-refractivity contribution in [1.29, 1.82) is 0 Å². The number of H-pyrrole nitrogens is 1. The molecule has 1 aromatic carbocycles. The average Bonchev–Trinajstić information content (AvgIpc) is 2.99. The van der Waals surface area contributed by atoms with Crippen molar-refractivity contribution < 1.29 is 4.42 Å². The first kappa shape index (κ1) is 11.8. The fourth-order valence-corrected chi connectivity index (χ4v) is 2.23. The number of nitrogen functional groups attached to an aromatic ring is 1. The molecule has 0 saturated heterocycles. The molecule has 0 aliphatic heterocycles. The number of hydrogen-bond acceptors (Lipinski definition) is 5. The number of aromatic nitrogens is 2. The van der Waals surface area contributed by atoms with Gasteiger partial charge in [0.2, 0.25) is 0 Å². The fourth-order valence-electron chi connectivity index (χ4n) is 2.23. The van der Waals surface area contributed by atoms with E-state index >= 15 is 0 Å². The summed E-state index contributed by atoms with van der Waals surface area (Å²) in [5, 5.41) is 7.63. The molecule has 6 N–H and O–H groups in total. The largest absolute Gasteiger partial charge is 0.459 e. The van der Waals surface area contributed by atoms with Crippen molar-refractivity contribution in [2.45, 2.75) is 13.0 Å².